The molecule has 0 unspecified atom stereocenters. The maximum absolute atomic E-state index is 12.2. The molecule has 1 aromatic carbocycles. The predicted molar refractivity (Wildman–Crippen MR) is 77.9 cm³/mol. The van der Waals surface area contributed by atoms with E-state index in [1.54, 1.807) is 16.2 Å². The van der Waals surface area contributed by atoms with Gasteiger partial charge in [-0.15, -0.1) is 5.43 Å². The number of nitro groups is 1. The number of hydrogen-bond acceptors (Lipinski definition) is 4. The normalized spacial score (nSPS) is 13.5. The average molecular weight is 304 g/mol. The van der Waals surface area contributed by atoms with Gasteiger partial charge in [0.1, 0.15) is 5.56 Å². The van der Waals surface area contributed by atoms with Gasteiger partial charge in [0.05, 0.1) is 9.80 Å². The van der Waals surface area contributed by atoms with Crippen molar-refractivity contribution in [3.8, 4) is 0 Å². The highest BCUT2D eigenvalue weighted by Crippen LogP contribution is 2.23. The molecule has 1 amide bonds. The second-order valence-corrected chi connectivity index (χ2v) is 5.99. The number of nitro benzene ring substituents is 1. The molecule has 0 saturated carbocycles. The molecule has 2 aromatic rings. The first-order chi connectivity index (χ1) is 10.1. The lowest BCUT2D eigenvalue weighted by Crippen LogP contribution is -2.44. The molecule has 108 valence electrons. The molecule has 7 heteroatoms. The van der Waals surface area contributed by atoms with Crippen molar-refractivity contribution in [2.45, 2.75) is 25.7 Å². The monoisotopic (exact) mass is 304 g/mol. The lowest BCUT2D eigenvalue weighted by Gasteiger charge is -2.04. The van der Waals surface area contributed by atoms with Crippen LogP contribution in [-0.2, 0) is 12.8 Å². The van der Waals surface area contributed by atoms with Gasteiger partial charge in [-0.05, 0) is 35.8 Å². The maximum Gasteiger partial charge on any atom is 0.313 e. The quantitative estimate of drug-likeness (QED) is 0.536. The van der Waals surface area contributed by atoms with Gasteiger partial charge >= 0.3 is 5.91 Å². The van der Waals surface area contributed by atoms with Crippen LogP contribution in [0.5, 0.6) is 0 Å². The molecule has 0 bridgehead atoms. The molecule has 0 radical (unpaired) electrons. The number of hydrogen-bond donors (Lipinski definition) is 1. The third kappa shape index (κ3) is 2.78. The number of aryl methyl sites for hydroxylation is 2. The number of fused-ring (bicyclic) bond motifs is 1. The van der Waals surface area contributed by atoms with Crippen molar-refractivity contribution in [3.63, 3.8) is 0 Å². The topological polar surface area (TPSA) is 76.1 Å². The average Bonchev–Trinajstić information content (AvgIpc) is 2.89. The largest absolute Gasteiger partial charge is 0.313 e. The third-order valence-electron chi connectivity index (χ3n) is 3.50. The lowest BCUT2D eigenvalue weighted by molar-refractivity contribution is -0.569. The van der Waals surface area contributed by atoms with E-state index in [0.29, 0.717) is 0 Å². The van der Waals surface area contributed by atoms with E-state index in [1.807, 2.05) is 6.20 Å². The Morgan fingerprint density at radius 3 is 2.81 bits per heavy atom. The number of carbonyl (C=O) groups excluding carboxylic acids is 1. The number of aromatic nitrogens is 1. The molecule has 1 aromatic heterocycles. The summed E-state index contributed by atoms with van der Waals surface area (Å²) >= 11 is 1.49. The number of amides is 1. The number of rotatable bonds is 3. The van der Waals surface area contributed by atoms with Crippen LogP contribution < -0.4 is 9.49 Å². The summed E-state index contributed by atoms with van der Waals surface area (Å²) in [5.74, 6) is -0.467. The van der Waals surface area contributed by atoms with Crippen molar-refractivity contribution >= 4 is 23.1 Å². The number of nitrogens with one attached hydrogen (secondary N) is 1. The first kappa shape index (κ1) is 13.7. The fourth-order valence-electron chi connectivity index (χ4n) is 2.47. The molecule has 1 heterocycles. The Hall–Kier alpha value is -2.28. The summed E-state index contributed by atoms with van der Waals surface area (Å²) in [7, 11) is 0. The molecule has 1 aliphatic carbocycles. The fraction of sp³-hybridized carbons (Fsp3) is 0.286. The minimum absolute atomic E-state index is 0.0707. The van der Waals surface area contributed by atoms with Crippen molar-refractivity contribution < 1.29 is 13.8 Å². The Morgan fingerprint density at radius 2 is 2.05 bits per heavy atom. The van der Waals surface area contributed by atoms with E-state index in [1.165, 1.54) is 46.9 Å². The Balaban J connectivity index is 1.83. The van der Waals surface area contributed by atoms with Crippen molar-refractivity contribution in [2.24, 2.45) is 0 Å². The summed E-state index contributed by atoms with van der Waals surface area (Å²) in [5.41, 5.74) is 3.85. The van der Waals surface area contributed by atoms with Crippen LogP contribution in [-0.4, -0.2) is 10.8 Å². The SMILES string of the molecule is O=C(N[n+]1cc2c(s1)CCCC2)c1ccccc1[N+](=O)[O-]. The number of nitrogens with zero attached hydrogens (tertiary/aromatic N) is 2. The van der Waals surface area contributed by atoms with Gasteiger partial charge < -0.3 is 0 Å². The van der Waals surface area contributed by atoms with Gasteiger partial charge in [-0.3, -0.25) is 14.9 Å². The molecule has 0 atom stereocenters. The van der Waals surface area contributed by atoms with Gasteiger partial charge in [0.2, 0.25) is 6.20 Å². The van der Waals surface area contributed by atoms with E-state index in [4.69, 9.17) is 0 Å². The highest BCUT2D eigenvalue weighted by Gasteiger charge is 2.25. The van der Waals surface area contributed by atoms with Crippen molar-refractivity contribution in [2.75, 3.05) is 5.43 Å². The zero-order valence-electron chi connectivity index (χ0n) is 11.2. The Bertz CT molecular complexity index is 688. The lowest BCUT2D eigenvalue weighted by atomic mass is 10.0. The Labute approximate surface area is 125 Å². The molecule has 6 nitrogen and oxygen atoms in total. The molecule has 1 N–H and O–H groups in total. The molecule has 0 fully saturated rings. The molecule has 1 aliphatic rings. The van der Waals surface area contributed by atoms with Gasteiger partial charge in [0, 0.05) is 11.6 Å². The minimum Gasteiger partial charge on any atom is -0.263 e. The van der Waals surface area contributed by atoms with Gasteiger partial charge in [-0.25, -0.2) is 0 Å². The van der Waals surface area contributed by atoms with Gasteiger partial charge in [-0.2, -0.15) is 0 Å². The van der Waals surface area contributed by atoms with Crippen LogP contribution in [0.1, 0.15) is 33.6 Å². The number of para-hydroxylation sites is 1. The summed E-state index contributed by atoms with van der Waals surface area (Å²) in [6.45, 7) is 0. The first-order valence-corrected chi connectivity index (χ1v) is 7.51. The summed E-state index contributed by atoms with van der Waals surface area (Å²) in [6, 6.07) is 5.96. The van der Waals surface area contributed by atoms with E-state index in [-0.39, 0.29) is 11.3 Å². The highest BCUT2D eigenvalue weighted by molar-refractivity contribution is 7.02. The fourth-order valence-corrected chi connectivity index (χ4v) is 3.52. The van der Waals surface area contributed by atoms with Crippen molar-refractivity contribution in [3.05, 3.63) is 56.6 Å². The molecule has 0 saturated heterocycles. The zero-order valence-corrected chi connectivity index (χ0v) is 12.1. The second kappa shape index (κ2) is 5.61. The maximum atomic E-state index is 12.2. The van der Waals surface area contributed by atoms with Crippen LogP contribution >= 0.6 is 11.5 Å². The Kier molecular flexibility index (Phi) is 3.66. The smallest absolute Gasteiger partial charge is 0.263 e. The molecule has 3 rings (SSSR count). The van der Waals surface area contributed by atoms with E-state index in [9.17, 15) is 14.9 Å². The van der Waals surface area contributed by atoms with Crippen molar-refractivity contribution in [1.82, 2.24) is 0 Å². The summed E-state index contributed by atoms with van der Waals surface area (Å²) in [6.07, 6.45) is 6.31. The van der Waals surface area contributed by atoms with Crippen LogP contribution in [0, 0.1) is 10.1 Å². The molecular formula is C14H14N3O3S+. The molecule has 0 aliphatic heterocycles. The van der Waals surface area contributed by atoms with Gasteiger partial charge in [-0.1, -0.05) is 12.1 Å². The van der Waals surface area contributed by atoms with E-state index in [2.05, 4.69) is 5.43 Å². The standard InChI is InChI=1S/C14H13N3O3S/c18-14(11-6-2-3-7-12(11)17(19)20)15-16-9-10-5-1-4-8-13(10)21-16/h2-3,6-7,9H,1,4-5,8H2/p+1. The number of benzene rings is 1. The predicted octanol–water partition coefficient (Wildman–Crippen LogP) is 2.21. The van der Waals surface area contributed by atoms with Gasteiger partial charge in [0.25, 0.3) is 5.69 Å². The molecular weight excluding hydrogens is 290 g/mol. The molecule has 0 spiro atoms. The van der Waals surface area contributed by atoms with Gasteiger partial charge in [0.15, 0.2) is 11.5 Å². The van der Waals surface area contributed by atoms with Crippen LogP contribution in [0.2, 0.25) is 0 Å². The van der Waals surface area contributed by atoms with E-state index < -0.39 is 10.8 Å². The third-order valence-corrected chi connectivity index (χ3v) is 4.58. The van der Waals surface area contributed by atoms with Crippen LogP contribution in [0.15, 0.2) is 30.5 Å². The zero-order chi connectivity index (χ0) is 14.8. The van der Waals surface area contributed by atoms with E-state index in [0.717, 1.165) is 12.8 Å². The second-order valence-electron chi connectivity index (χ2n) is 4.92. The summed E-state index contributed by atoms with van der Waals surface area (Å²) < 4.78 is 1.65. The minimum atomic E-state index is -0.543. The van der Waals surface area contributed by atoms with E-state index >= 15 is 0 Å². The Morgan fingerprint density at radius 1 is 1.29 bits per heavy atom. The highest BCUT2D eigenvalue weighted by atomic mass is 32.1. The van der Waals surface area contributed by atoms with Crippen LogP contribution in [0.4, 0.5) is 5.69 Å². The number of carbonyl (C=O) groups is 1. The molecule has 21 heavy (non-hydrogen) atoms. The summed E-state index contributed by atoms with van der Waals surface area (Å²) in [4.78, 5) is 23.9. The van der Waals surface area contributed by atoms with Crippen LogP contribution in [0.3, 0.4) is 0 Å². The van der Waals surface area contributed by atoms with Crippen LogP contribution in [0.25, 0.3) is 0 Å². The first-order valence-electron chi connectivity index (χ1n) is 6.73. The van der Waals surface area contributed by atoms with Crippen molar-refractivity contribution in [1.29, 1.82) is 0 Å². The summed E-state index contributed by atoms with van der Waals surface area (Å²) in [5, 5.41) is 11.0.